The molecule has 1 aliphatic carbocycles. The largest absolute Gasteiger partial charge is 0.299 e. The van der Waals surface area contributed by atoms with E-state index in [2.05, 4.69) is 20.8 Å². The van der Waals surface area contributed by atoms with Gasteiger partial charge in [-0.15, -0.1) is 0 Å². The third kappa shape index (κ3) is 3.60. The van der Waals surface area contributed by atoms with E-state index in [0.717, 1.165) is 18.4 Å². The first kappa shape index (κ1) is 15.5. The molecule has 1 nitrogen and oxygen atoms in total. The highest BCUT2D eigenvalue weighted by Crippen LogP contribution is 2.40. The third-order valence-corrected chi connectivity index (χ3v) is 4.74. The molecule has 2 atom stereocenters. The predicted molar refractivity (Wildman–Crippen MR) is 80.4 cm³/mol. The van der Waals surface area contributed by atoms with Gasteiger partial charge >= 0.3 is 0 Å². The van der Waals surface area contributed by atoms with E-state index in [1.807, 2.05) is 0 Å². The van der Waals surface area contributed by atoms with Gasteiger partial charge in [-0.05, 0) is 48.3 Å². The second kappa shape index (κ2) is 5.85. The molecule has 0 radical (unpaired) electrons. The van der Waals surface area contributed by atoms with Gasteiger partial charge in [0.15, 0.2) is 0 Å². The van der Waals surface area contributed by atoms with Crippen molar-refractivity contribution in [2.75, 3.05) is 0 Å². The number of hydrogen-bond acceptors (Lipinski definition) is 1. The highest BCUT2D eigenvalue weighted by molar-refractivity contribution is 6.30. The molecule has 1 aromatic carbocycles. The highest BCUT2D eigenvalue weighted by Gasteiger charge is 2.34. The van der Waals surface area contributed by atoms with Crippen molar-refractivity contribution in [1.82, 2.24) is 0 Å². The average molecular weight is 297 g/mol. The van der Waals surface area contributed by atoms with Gasteiger partial charge in [-0.3, -0.25) is 4.79 Å². The second-order valence-corrected chi connectivity index (χ2v) is 7.36. The normalized spacial score (nSPS) is 23.9. The molecule has 0 aromatic heterocycles. The molecule has 1 aliphatic rings. The Bertz CT molecular complexity index is 504. The summed E-state index contributed by atoms with van der Waals surface area (Å²) >= 11 is 5.81. The Labute approximate surface area is 125 Å². The molecule has 0 saturated heterocycles. The van der Waals surface area contributed by atoms with Crippen LogP contribution < -0.4 is 0 Å². The first-order chi connectivity index (χ1) is 9.27. The van der Waals surface area contributed by atoms with Crippen molar-refractivity contribution in [3.63, 3.8) is 0 Å². The lowest BCUT2D eigenvalue weighted by atomic mass is 9.67. The van der Waals surface area contributed by atoms with E-state index in [1.165, 1.54) is 6.07 Å². The molecule has 3 heteroatoms. The standard InChI is InChI=1S/C17H22ClFO/c1-17(2,3)13-5-7-16(20)12(10-13)8-11-4-6-15(19)14(18)9-11/h4,6,9,12-13H,5,7-8,10H2,1-3H3. The number of carbonyl (C=O) groups excluding carboxylic acids is 1. The summed E-state index contributed by atoms with van der Waals surface area (Å²) in [7, 11) is 0. The lowest BCUT2D eigenvalue weighted by Gasteiger charge is -2.37. The van der Waals surface area contributed by atoms with E-state index in [0.29, 0.717) is 24.5 Å². The first-order valence-corrected chi connectivity index (χ1v) is 7.62. The van der Waals surface area contributed by atoms with Gasteiger partial charge in [0.1, 0.15) is 11.6 Å². The van der Waals surface area contributed by atoms with Crippen LogP contribution in [0.2, 0.25) is 5.02 Å². The smallest absolute Gasteiger partial charge is 0.141 e. The van der Waals surface area contributed by atoms with Gasteiger partial charge in [0.2, 0.25) is 0 Å². The van der Waals surface area contributed by atoms with Gasteiger partial charge in [0, 0.05) is 12.3 Å². The van der Waals surface area contributed by atoms with E-state index in [4.69, 9.17) is 11.6 Å². The van der Waals surface area contributed by atoms with Crippen LogP contribution in [0, 0.1) is 23.1 Å². The molecule has 1 fully saturated rings. The van der Waals surface area contributed by atoms with Gasteiger partial charge in [-0.1, -0.05) is 38.4 Å². The van der Waals surface area contributed by atoms with Gasteiger partial charge in [-0.2, -0.15) is 0 Å². The van der Waals surface area contributed by atoms with Crippen LogP contribution in [0.4, 0.5) is 4.39 Å². The van der Waals surface area contributed by atoms with Crippen molar-refractivity contribution in [3.05, 3.63) is 34.6 Å². The topological polar surface area (TPSA) is 17.1 Å². The van der Waals surface area contributed by atoms with Gasteiger partial charge in [-0.25, -0.2) is 4.39 Å². The van der Waals surface area contributed by atoms with E-state index in [-0.39, 0.29) is 16.4 Å². The predicted octanol–water partition coefficient (Wildman–Crippen LogP) is 5.05. The number of benzene rings is 1. The minimum atomic E-state index is -0.405. The molecule has 0 aliphatic heterocycles. The van der Waals surface area contributed by atoms with E-state index in [1.54, 1.807) is 12.1 Å². The Kier molecular flexibility index (Phi) is 4.53. The molecule has 2 unspecified atom stereocenters. The van der Waals surface area contributed by atoms with Crippen molar-refractivity contribution < 1.29 is 9.18 Å². The average Bonchev–Trinajstić information content (AvgIpc) is 2.35. The Morgan fingerprint density at radius 1 is 1.35 bits per heavy atom. The molecule has 0 N–H and O–H groups in total. The number of halogens is 2. The molecule has 110 valence electrons. The van der Waals surface area contributed by atoms with Crippen LogP contribution in [-0.4, -0.2) is 5.78 Å². The summed E-state index contributed by atoms with van der Waals surface area (Å²) in [6.45, 7) is 6.71. The molecule has 0 amide bonds. The Balaban J connectivity index is 2.10. The van der Waals surface area contributed by atoms with Crippen LogP contribution in [0.1, 0.15) is 45.6 Å². The summed E-state index contributed by atoms with van der Waals surface area (Å²) in [6, 6.07) is 4.76. The summed E-state index contributed by atoms with van der Waals surface area (Å²) in [5, 5.41) is 0.137. The Morgan fingerprint density at radius 3 is 2.65 bits per heavy atom. The molecular formula is C17H22ClFO. The maximum Gasteiger partial charge on any atom is 0.141 e. The molecule has 0 heterocycles. The highest BCUT2D eigenvalue weighted by atomic mass is 35.5. The SMILES string of the molecule is CC(C)(C)C1CCC(=O)C(Cc2ccc(F)c(Cl)c2)C1. The summed E-state index contributed by atoms with van der Waals surface area (Å²) in [5.41, 5.74) is 1.18. The van der Waals surface area contributed by atoms with Gasteiger partial charge in [0.25, 0.3) is 0 Å². The molecular weight excluding hydrogens is 275 g/mol. The fraction of sp³-hybridized carbons (Fsp3) is 0.588. The van der Waals surface area contributed by atoms with Crippen molar-refractivity contribution in [2.45, 2.75) is 46.5 Å². The monoisotopic (exact) mass is 296 g/mol. The van der Waals surface area contributed by atoms with Crippen LogP contribution in [0.15, 0.2) is 18.2 Å². The fourth-order valence-corrected chi connectivity index (χ4v) is 3.25. The quantitative estimate of drug-likeness (QED) is 0.746. The number of Topliss-reactive ketones (excluding diaryl/α,β-unsaturated/α-hetero) is 1. The molecule has 1 saturated carbocycles. The molecule has 20 heavy (non-hydrogen) atoms. The molecule has 0 bridgehead atoms. The van der Waals surface area contributed by atoms with Crippen LogP contribution in [-0.2, 0) is 11.2 Å². The Morgan fingerprint density at radius 2 is 2.05 bits per heavy atom. The fourth-order valence-electron chi connectivity index (χ4n) is 3.05. The summed E-state index contributed by atoms with van der Waals surface area (Å²) in [5.74, 6) is 0.555. The molecule has 1 aromatic rings. The minimum Gasteiger partial charge on any atom is -0.299 e. The first-order valence-electron chi connectivity index (χ1n) is 7.24. The lowest BCUT2D eigenvalue weighted by Crippen LogP contribution is -2.33. The van der Waals surface area contributed by atoms with Gasteiger partial charge in [0.05, 0.1) is 5.02 Å². The zero-order chi connectivity index (χ0) is 14.9. The van der Waals surface area contributed by atoms with E-state index >= 15 is 0 Å². The summed E-state index contributed by atoms with van der Waals surface area (Å²) in [4.78, 5) is 12.1. The number of hydrogen-bond donors (Lipinski definition) is 0. The van der Waals surface area contributed by atoms with Crippen molar-refractivity contribution >= 4 is 17.4 Å². The molecule has 2 rings (SSSR count). The van der Waals surface area contributed by atoms with Crippen molar-refractivity contribution in [2.24, 2.45) is 17.3 Å². The second-order valence-electron chi connectivity index (χ2n) is 6.95. The summed E-state index contributed by atoms with van der Waals surface area (Å²) < 4.78 is 13.2. The Hall–Kier alpha value is -0.890. The molecule has 0 spiro atoms. The van der Waals surface area contributed by atoms with E-state index in [9.17, 15) is 9.18 Å². The van der Waals surface area contributed by atoms with Crippen molar-refractivity contribution in [1.29, 1.82) is 0 Å². The lowest BCUT2D eigenvalue weighted by molar-refractivity contribution is -0.126. The number of rotatable bonds is 2. The number of ketones is 1. The van der Waals surface area contributed by atoms with Crippen LogP contribution in [0.3, 0.4) is 0 Å². The minimum absolute atomic E-state index is 0.0505. The van der Waals surface area contributed by atoms with E-state index < -0.39 is 5.82 Å². The van der Waals surface area contributed by atoms with Crippen LogP contribution in [0.25, 0.3) is 0 Å². The third-order valence-electron chi connectivity index (χ3n) is 4.45. The maximum atomic E-state index is 13.2. The van der Waals surface area contributed by atoms with Crippen LogP contribution in [0.5, 0.6) is 0 Å². The summed E-state index contributed by atoms with van der Waals surface area (Å²) in [6.07, 6.45) is 3.26. The zero-order valence-corrected chi connectivity index (χ0v) is 13.1. The zero-order valence-electron chi connectivity index (χ0n) is 12.4. The van der Waals surface area contributed by atoms with Gasteiger partial charge < -0.3 is 0 Å². The van der Waals surface area contributed by atoms with Crippen LogP contribution >= 0.6 is 11.6 Å². The number of carbonyl (C=O) groups is 1. The maximum absolute atomic E-state index is 13.2. The van der Waals surface area contributed by atoms with Crippen molar-refractivity contribution in [3.8, 4) is 0 Å².